The first-order valence-corrected chi connectivity index (χ1v) is 7.20. The van der Waals surface area contributed by atoms with Crippen molar-refractivity contribution in [2.75, 3.05) is 6.61 Å². The number of nitrogens with zero attached hydrogens (tertiary/aromatic N) is 2. The SMILES string of the molecule is CC[C@H](N[C@@H](C)c1nnc(C)s1)[C@H]1CCCO1. The van der Waals surface area contributed by atoms with Crippen molar-refractivity contribution in [3.8, 4) is 0 Å². The van der Waals surface area contributed by atoms with Crippen LogP contribution in [0.2, 0.25) is 0 Å². The molecule has 0 spiro atoms. The zero-order valence-corrected chi connectivity index (χ0v) is 11.6. The quantitative estimate of drug-likeness (QED) is 0.878. The fourth-order valence-corrected chi connectivity index (χ4v) is 3.00. The summed E-state index contributed by atoms with van der Waals surface area (Å²) in [6.45, 7) is 7.26. The molecule has 1 fully saturated rings. The minimum atomic E-state index is 0.260. The summed E-state index contributed by atoms with van der Waals surface area (Å²) in [7, 11) is 0. The standard InChI is InChI=1S/C12H21N3OS/c1-4-10(11-6-5-7-16-11)13-8(2)12-15-14-9(3)17-12/h8,10-11,13H,4-7H2,1-3H3/t8-,10-,11+/m0/s1. The summed E-state index contributed by atoms with van der Waals surface area (Å²) >= 11 is 1.67. The molecule has 1 aliphatic heterocycles. The summed E-state index contributed by atoms with van der Waals surface area (Å²) in [5.41, 5.74) is 0. The van der Waals surface area contributed by atoms with Gasteiger partial charge in [0.05, 0.1) is 12.1 Å². The van der Waals surface area contributed by atoms with Crippen LogP contribution in [0.4, 0.5) is 0 Å². The van der Waals surface area contributed by atoms with E-state index < -0.39 is 0 Å². The van der Waals surface area contributed by atoms with E-state index >= 15 is 0 Å². The minimum absolute atomic E-state index is 0.260. The molecule has 1 saturated heterocycles. The summed E-state index contributed by atoms with van der Waals surface area (Å²) in [5.74, 6) is 0. The Morgan fingerprint density at radius 2 is 2.35 bits per heavy atom. The molecule has 5 heteroatoms. The first-order valence-electron chi connectivity index (χ1n) is 6.38. The van der Waals surface area contributed by atoms with E-state index in [-0.39, 0.29) is 6.04 Å². The van der Waals surface area contributed by atoms with Gasteiger partial charge in [0.25, 0.3) is 0 Å². The van der Waals surface area contributed by atoms with Crippen LogP contribution in [0.5, 0.6) is 0 Å². The van der Waals surface area contributed by atoms with E-state index in [0.717, 1.165) is 23.0 Å². The van der Waals surface area contributed by atoms with Gasteiger partial charge in [0.2, 0.25) is 0 Å². The fourth-order valence-electron chi connectivity index (χ4n) is 2.29. The number of ether oxygens (including phenoxy) is 1. The topological polar surface area (TPSA) is 47.0 Å². The van der Waals surface area contributed by atoms with Crippen LogP contribution in [0.25, 0.3) is 0 Å². The van der Waals surface area contributed by atoms with Gasteiger partial charge in [-0.1, -0.05) is 6.92 Å². The molecule has 0 aromatic carbocycles. The Hall–Kier alpha value is -0.520. The lowest BCUT2D eigenvalue weighted by Gasteiger charge is -2.25. The van der Waals surface area contributed by atoms with E-state index in [1.807, 2.05) is 6.92 Å². The molecule has 1 aromatic rings. The number of rotatable bonds is 5. The predicted molar refractivity (Wildman–Crippen MR) is 69.2 cm³/mol. The van der Waals surface area contributed by atoms with E-state index in [2.05, 4.69) is 29.4 Å². The van der Waals surface area contributed by atoms with Gasteiger partial charge in [0.15, 0.2) is 0 Å². The molecular formula is C12H21N3OS. The summed E-state index contributed by atoms with van der Waals surface area (Å²) in [4.78, 5) is 0. The van der Waals surface area contributed by atoms with Gasteiger partial charge in [-0.2, -0.15) is 0 Å². The Morgan fingerprint density at radius 1 is 1.53 bits per heavy atom. The van der Waals surface area contributed by atoms with Crippen molar-refractivity contribution in [1.29, 1.82) is 0 Å². The van der Waals surface area contributed by atoms with Crippen molar-refractivity contribution in [3.63, 3.8) is 0 Å². The lowest BCUT2D eigenvalue weighted by Crippen LogP contribution is -2.40. The molecule has 2 rings (SSSR count). The van der Waals surface area contributed by atoms with Crippen LogP contribution in [-0.2, 0) is 4.74 Å². The van der Waals surface area contributed by atoms with E-state index in [1.54, 1.807) is 11.3 Å². The lowest BCUT2D eigenvalue weighted by molar-refractivity contribution is 0.0734. The molecule has 0 unspecified atom stereocenters. The molecule has 4 nitrogen and oxygen atoms in total. The van der Waals surface area contributed by atoms with E-state index in [4.69, 9.17) is 4.74 Å². The summed E-state index contributed by atoms with van der Waals surface area (Å²) in [6, 6.07) is 0.687. The number of hydrogen-bond donors (Lipinski definition) is 1. The summed E-state index contributed by atoms with van der Waals surface area (Å²) in [6.07, 6.45) is 3.83. The maximum Gasteiger partial charge on any atom is 0.134 e. The van der Waals surface area contributed by atoms with Crippen molar-refractivity contribution < 1.29 is 4.74 Å². The van der Waals surface area contributed by atoms with Crippen LogP contribution in [0.1, 0.15) is 49.2 Å². The Morgan fingerprint density at radius 3 is 2.88 bits per heavy atom. The predicted octanol–water partition coefficient (Wildman–Crippen LogP) is 2.45. The van der Waals surface area contributed by atoms with Crippen LogP contribution in [0, 0.1) is 6.92 Å². The Balaban J connectivity index is 1.93. The molecule has 0 radical (unpaired) electrons. The summed E-state index contributed by atoms with van der Waals surface area (Å²) < 4.78 is 5.75. The molecule has 0 bridgehead atoms. The molecule has 0 aliphatic carbocycles. The highest BCUT2D eigenvalue weighted by molar-refractivity contribution is 7.11. The zero-order chi connectivity index (χ0) is 12.3. The monoisotopic (exact) mass is 255 g/mol. The molecule has 0 saturated carbocycles. The minimum Gasteiger partial charge on any atom is -0.377 e. The number of aromatic nitrogens is 2. The van der Waals surface area contributed by atoms with E-state index in [1.165, 1.54) is 12.8 Å². The second-order valence-corrected chi connectivity index (χ2v) is 5.83. The molecule has 1 aliphatic rings. The molecule has 96 valence electrons. The van der Waals surface area contributed by atoms with Crippen LogP contribution >= 0.6 is 11.3 Å². The van der Waals surface area contributed by atoms with Gasteiger partial charge in [0.1, 0.15) is 10.0 Å². The average molecular weight is 255 g/mol. The van der Waals surface area contributed by atoms with Crippen molar-refractivity contribution >= 4 is 11.3 Å². The molecule has 3 atom stereocenters. The molecule has 1 aromatic heterocycles. The van der Waals surface area contributed by atoms with Gasteiger partial charge >= 0.3 is 0 Å². The van der Waals surface area contributed by atoms with Crippen molar-refractivity contribution in [1.82, 2.24) is 15.5 Å². The third-order valence-corrected chi connectivity index (χ3v) is 4.25. The highest BCUT2D eigenvalue weighted by atomic mass is 32.1. The summed E-state index contributed by atoms with van der Waals surface area (Å²) in [5, 5.41) is 14.0. The molecule has 0 amide bonds. The normalized spacial score (nSPS) is 23.8. The van der Waals surface area contributed by atoms with Crippen molar-refractivity contribution in [2.45, 2.75) is 58.2 Å². The molecule has 1 N–H and O–H groups in total. The highest BCUT2D eigenvalue weighted by Gasteiger charge is 2.26. The third-order valence-electron chi connectivity index (χ3n) is 3.23. The van der Waals surface area contributed by atoms with Crippen LogP contribution in [0.3, 0.4) is 0 Å². The second kappa shape index (κ2) is 5.89. The number of hydrogen-bond acceptors (Lipinski definition) is 5. The van der Waals surface area contributed by atoms with Crippen LogP contribution < -0.4 is 5.32 Å². The fraction of sp³-hybridized carbons (Fsp3) is 0.833. The number of aryl methyl sites for hydroxylation is 1. The highest BCUT2D eigenvalue weighted by Crippen LogP contribution is 2.22. The number of nitrogens with one attached hydrogen (secondary N) is 1. The molecule has 2 heterocycles. The maximum atomic E-state index is 5.75. The second-order valence-electron chi connectivity index (χ2n) is 4.61. The largest absolute Gasteiger partial charge is 0.377 e. The van der Waals surface area contributed by atoms with E-state index in [9.17, 15) is 0 Å². The Kier molecular flexibility index (Phi) is 4.48. The van der Waals surface area contributed by atoms with Gasteiger partial charge in [-0.25, -0.2) is 0 Å². The third kappa shape index (κ3) is 3.24. The maximum absolute atomic E-state index is 5.75. The van der Waals surface area contributed by atoms with Crippen molar-refractivity contribution in [3.05, 3.63) is 10.0 Å². The molecule has 17 heavy (non-hydrogen) atoms. The zero-order valence-electron chi connectivity index (χ0n) is 10.8. The van der Waals surface area contributed by atoms with Gasteiger partial charge in [-0.05, 0) is 33.1 Å². The van der Waals surface area contributed by atoms with Gasteiger partial charge < -0.3 is 10.1 Å². The Bertz CT molecular complexity index is 349. The average Bonchev–Trinajstić information content (AvgIpc) is 2.96. The lowest BCUT2D eigenvalue weighted by atomic mass is 10.0. The smallest absolute Gasteiger partial charge is 0.134 e. The van der Waals surface area contributed by atoms with Crippen molar-refractivity contribution in [2.24, 2.45) is 0 Å². The van der Waals surface area contributed by atoms with Gasteiger partial charge in [-0.15, -0.1) is 21.5 Å². The van der Waals surface area contributed by atoms with Crippen LogP contribution in [-0.4, -0.2) is 29.0 Å². The van der Waals surface area contributed by atoms with Gasteiger partial charge in [0, 0.05) is 12.6 Å². The van der Waals surface area contributed by atoms with E-state index in [0.29, 0.717) is 12.1 Å². The van der Waals surface area contributed by atoms with Gasteiger partial charge in [-0.3, -0.25) is 0 Å². The van der Waals surface area contributed by atoms with Crippen LogP contribution in [0.15, 0.2) is 0 Å². The molecular weight excluding hydrogens is 234 g/mol. The first kappa shape index (κ1) is 12.9. The first-order chi connectivity index (χ1) is 8.20. The Labute approximate surface area is 107 Å².